The van der Waals surface area contributed by atoms with Crippen molar-refractivity contribution in [1.82, 2.24) is 10.3 Å². The van der Waals surface area contributed by atoms with Crippen molar-refractivity contribution in [2.24, 2.45) is 0 Å². The third-order valence-corrected chi connectivity index (χ3v) is 5.84. The normalized spacial score (nSPS) is 11.6. The van der Waals surface area contributed by atoms with E-state index in [2.05, 4.69) is 15.6 Å². The van der Waals surface area contributed by atoms with Crippen LogP contribution < -0.4 is 10.6 Å². The summed E-state index contributed by atoms with van der Waals surface area (Å²) in [5.74, 6) is -0.153. The van der Waals surface area contributed by atoms with E-state index >= 15 is 0 Å². The average molecular weight is 434 g/mol. The Morgan fingerprint density at radius 3 is 2.35 bits per heavy atom. The number of aromatic nitrogens is 1. The lowest BCUT2D eigenvalue weighted by Crippen LogP contribution is -2.28. The first kappa shape index (κ1) is 22.6. The van der Waals surface area contributed by atoms with Gasteiger partial charge in [-0.1, -0.05) is 59.8 Å². The fraction of sp³-hybridized carbons (Fsp3) is 0.240. The van der Waals surface area contributed by atoms with Crippen molar-refractivity contribution >= 4 is 29.3 Å². The molecule has 1 aromatic heterocycles. The van der Waals surface area contributed by atoms with E-state index in [0.29, 0.717) is 10.6 Å². The second kappa shape index (κ2) is 10.3. The number of aryl methyl sites for hydroxylation is 3. The highest BCUT2D eigenvalue weighted by Crippen LogP contribution is 2.26. The van der Waals surface area contributed by atoms with Gasteiger partial charge in [0, 0.05) is 11.4 Å². The summed E-state index contributed by atoms with van der Waals surface area (Å²) < 4.78 is 0. The number of hydrogen-bond acceptors (Lipinski definition) is 4. The summed E-state index contributed by atoms with van der Waals surface area (Å²) in [6, 6.07) is 19.2. The molecule has 3 aromatic rings. The molecule has 1 atom stereocenters. The number of thioether (sulfide) groups is 1. The van der Waals surface area contributed by atoms with Crippen molar-refractivity contribution in [3.05, 3.63) is 88.6 Å². The molecule has 0 saturated heterocycles. The molecular weight excluding hydrogens is 406 g/mol. The Kier molecular flexibility index (Phi) is 7.47. The summed E-state index contributed by atoms with van der Waals surface area (Å²) in [6.07, 6.45) is 0. The van der Waals surface area contributed by atoms with Gasteiger partial charge in [0.05, 0.1) is 17.4 Å². The minimum absolute atomic E-state index is 0.0918. The van der Waals surface area contributed by atoms with Gasteiger partial charge in [-0.2, -0.15) is 0 Å². The smallest absolute Gasteiger partial charge is 0.258 e. The van der Waals surface area contributed by atoms with Crippen molar-refractivity contribution < 1.29 is 9.59 Å². The zero-order valence-corrected chi connectivity index (χ0v) is 19.0. The Balaban J connectivity index is 1.71. The fourth-order valence-corrected chi connectivity index (χ4v) is 4.21. The molecule has 2 amide bonds. The Hall–Kier alpha value is -3.12. The molecule has 0 aliphatic carbocycles. The average Bonchev–Trinajstić information content (AvgIpc) is 2.74. The van der Waals surface area contributed by atoms with Crippen molar-refractivity contribution in [1.29, 1.82) is 0 Å². The predicted molar refractivity (Wildman–Crippen MR) is 127 cm³/mol. The highest BCUT2D eigenvalue weighted by atomic mass is 32.2. The first-order chi connectivity index (χ1) is 14.8. The summed E-state index contributed by atoms with van der Waals surface area (Å²) >= 11 is 1.28. The lowest BCUT2D eigenvalue weighted by Gasteiger charge is -2.15. The molecular formula is C25H27N3O2S. The monoisotopic (exact) mass is 433 g/mol. The zero-order valence-electron chi connectivity index (χ0n) is 18.2. The molecule has 3 rings (SSSR count). The molecule has 2 aromatic carbocycles. The maximum Gasteiger partial charge on any atom is 0.258 e. The Morgan fingerprint density at radius 1 is 1.00 bits per heavy atom. The molecule has 0 aliphatic heterocycles. The first-order valence-electron chi connectivity index (χ1n) is 10.2. The minimum Gasteiger partial charge on any atom is -0.349 e. The number of pyridine rings is 1. The third kappa shape index (κ3) is 6.18. The molecule has 5 nitrogen and oxygen atoms in total. The van der Waals surface area contributed by atoms with Crippen LogP contribution in [-0.4, -0.2) is 22.6 Å². The van der Waals surface area contributed by atoms with Crippen LogP contribution in [0.1, 0.15) is 45.7 Å². The van der Waals surface area contributed by atoms with Crippen LogP contribution in [0.15, 0.2) is 65.7 Å². The summed E-state index contributed by atoms with van der Waals surface area (Å²) in [6.45, 7) is 7.72. The van der Waals surface area contributed by atoms with Gasteiger partial charge < -0.3 is 10.6 Å². The molecule has 31 heavy (non-hydrogen) atoms. The molecule has 1 heterocycles. The highest BCUT2D eigenvalue weighted by molar-refractivity contribution is 8.00. The highest BCUT2D eigenvalue weighted by Gasteiger charge is 2.19. The largest absolute Gasteiger partial charge is 0.349 e. The Morgan fingerprint density at radius 2 is 1.68 bits per heavy atom. The quantitative estimate of drug-likeness (QED) is 0.501. The van der Waals surface area contributed by atoms with Crippen LogP contribution >= 0.6 is 11.8 Å². The number of rotatable bonds is 7. The topological polar surface area (TPSA) is 71.1 Å². The van der Waals surface area contributed by atoms with E-state index in [4.69, 9.17) is 0 Å². The van der Waals surface area contributed by atoms with Gasteiger partial charge in [0.25, 0.3) is 5.91 Å². The van der Waals surface area contributed by atoms with Crippen LogP contribution in [0, 0.1) is 20.8 Å². The Labute approximate surface area is 187 Å². The molecule has 0 aliphatic rings. The summed E-state index contributed by atoms with van der Waals surface area (Å²) in [7, 11) is 0. The number of carbonyl (C=O) groups excluding carboxylic acids is 2. The molecule has 0 saturated carbocycles. The number of carbonyl (C=O) groups is 2. The molecule has 6 heteroatoms. The van der Waals surface area contributed by atoms with Gasteiger partial charge >= 0.3 is 0 Å². The van der Waals surface area contributed by atoms with Crippen LogP contribution in [-0.2, 0) is 4.79 Å². The number of hydrogen-bond donors (Lipinski definition) is 2. The Bertz CT molecular complexity index is 1070. The van der Waals surface area contributed by atoms with Crippen molar-refractivity contribution in [2.75, 3.05) is 11.1 Å². The van der Waals surface area contributed by atoms with Crippen LogP contribution in [0.25, 0.3) is 0 Å². The van der Waals surface area contributed by atoms with Crippen LogP contribution in [0.2, 0.25) is 0 Å². The lowest BCUT2D eigenvalue weighted by molar-refractivity contribution is -0.119. The first-order valence-corrected chi connectivity index (χ1v) is 11.2. The van der Waals surface area contributed by atoms with Gasteiger partial charge in [0.15, 0.2) is 0 Å². The van der Waals surface area contributed by atoms with Crippen molar-refractivity contribution in [3.63, 3.8) is 0 Å². The maximum absolute atomic E-state index is 13.0. The molecule has 0 fully saturated rings. The van der Waals surface area contributed by atoms with Crippen molar-refractivity contribution in [3.8, 4) is 0 Å². The number of nitrogens with zero attached hydrogens (tertiary/aromatic N) is 1. The van der Waals surface area contributed by atoms with E-state index in [1.807, 2.05) is 88.4 Å². The second-order valence-corrected chi connectivity index (χ2v) is 8.53. The summed E-state index contributed by atoms with van der Waals surface area (Å²) in [5.41, 5.74) is 5.03. The number of benzene rings is 2. The van der Waals surface area contributed by atoms with E-state index in [-0.39, 0.29) is 23.6 Å². The molecule has 0 radical (unpaired) electrons. The number of nitrogens with one attached hydrogen (secondary N) is 2. The molecule has 0 spiro atoms. The second-order valence-electron chi connectivity index (χ2n) is 7.57. The van der Waals surface area contributed by atoms with Crippen LogP contribution in [0.4, 0.5) is 5.69 Å². The predicted octanol–water partition coefficient (Wildman–Crippen LogP) is 5.23. The summed E-state index contributed by atoms with van der Waals surface area (Å²) in [4.78, 5) is 30.1. The van der Waals surface area contributed by atoms with Gasteiger partial charge in [-0.3, -0.25) is 9.59 Å². The van der Waals surface area contributed by atoms with Gasteiger partial charge in [-0.25, -0.2) is 4.98 Å². The lowest BCUT2D eigenvalue weighted by atomic mass is 10.1. The van der Waals surface area contributed by atoms with Crippen LogP contribution in [0.5, 0.6) is 0 Å². The molecule has 160 valence electrons. The fourth-order valence-electron chi connectivity index (χ4n) is 3.26. The minimum atomic E-state index is -0.227. The number of anilines is 1. The van der Waals surface area contributed by atoms with Crippen LogP contribution in [0.3, 0.4) is 0 Å². The summed E-state index contributed by atoms with van der Waals surface area (Å²) in [5, 5.41) is 6.50. The van der Waals surface area contributed by atoms with E-state index in [1.54, 1.807) is 0 Å². The number of amides is 2. The van der Waals surface area contributed by atoms with E-state index in [1.165, 1.54) is 11.8 Å². The molecule has 0 bridgehead atoms. The van der Waals surface area contributed by atoms with Crippen molar-refractivity contribution in [2.45, 2.75) is 38.8 Å². The third-order valence-electron chi connectivity index (χ3n) is 4.87. The van der Waals surface area contributed by atoms with E-state index < -0.39 is 0 Å². The molecule has 2 N–H and O–H groups in total. The van der Waals surface area contributed by atoms with Gasteiger partial charge in [0.2, 0.25) is 5.91 Å². The van der Waals surface area contributed by atoms with Gasteiger partial charge in [-0.05, 0) is 57.0 Å². The van der Waals surface area contributed by atoms with E-state index in [9.17, 15) is 9.59 Å². The van der Waals surface area contributed by atoms with E-state index in [0.717, 1.165) is 28.1 Å². The van der Waals surface area contributed by atoms with Gasteiger partial charge in [-0.15, -0.1) is 0 Å². The molecule has 0 unspecified atom stereocenters. The zero-order chi connectivity index (χ0) is 22.4. The SMILES string of the molecule is Cc1ccc(NC(=O)c2c(C)cc(C)nc2SCC(=O)N[C@H](C)c2ccccc2)cc1. The van der Waals surface area contributed by atoms with Gasteiger partial charge in [0.1, 0.15) is 5.03 Å². The maximum atomic E-state index is 13.0. The standard InChI is InChI=1S/C25H27N3O2S/c1-16-10-12-21(13-11-16)28-24(30)23-17(2)14-18(3)26-25(23)31-15-22(29)27-19(4)20-8-6-5-7-9-20/h5-14,19H,15H2,1-4H3,(H,27,29)(H,28,30)/t19-/m1/s1.